The SMILES string of the molecule is Cc1cccc(Cl)c1Cn1cc(C(N)=O)cn1. The van der Waals surface area contributed by atoms with Crippen molar-refractivity contribution in [3.63, 3.8) is 0 Å². The Morgan fingerprint density at radius 3 is 2.88 bits per heavy atom. The minimum absolute atomic E-state index is 0.398. The maximum Gasteiger partial charge on any atom is 0.251 e. The zero-order valence-corrected chi connectivity index (χ0v) is 10.1. The summed E-state index contributed by atoms with van der Waals surface area (Å²) in [6, 6.07) is 5.72. The summed E-state index contributed by atoms with van der Waals surface area (Å²) in [6.45, 7) is 2.51. The highest BCUT2D eigenvalue weighted by molar-refractivity contribution is 6.31. The number of halogens is 1. The fraction of sp³-hybridized carbons (Fsp3) is 0.167. The second-order valence-corrected chi connectivity index (χ2v) is 4.23. The van der Waals surface area contributed by atoms with Gasteiger partial charge < -0.3 is 5.73 Å². The molecule has 0 unspecified atom stereocenters. The van der Waals surface area contributed by atoms with Crippen molar-refractivity contribution >= 4 is 17.5 Å². The van der Waals surface area contributed by atoms with Gasteiger partial charge in [0.2, 0.25) is 0 Å². The van der Waals surface area contributed by atoms with Crippen molar-refractivity contribution in [2.24, 2.45) is 5.73 Å². The molecule has 0 radical (unpaired) electrons. The van der Waals surface area contributed by atoms with E-state index in [1.807, 2.05) is 25.1 Å². The van der Waals surface area contributed by atoms with Crippen molar-refractivity contribution < 1.29 is 4.79 Å². The van der Waals surface area contributed by atoms with Gasteiger partial charge in [0, 0.05) is 11.2 Å². The number of hydrogen-bond acceptors (Lipinski definition) is 2. The van der Waals surface area contributed by atoms with Crippen molar-refractivity contribution in [2.75, 3.05) is 0 Å². The average molecular weight is 250 g/mol. The molecular formula is C12H12ClN3O. The lowest BCUT2D eigenvalue weighted by molar-refractivity contribution is 0.1000. The number of benzene rings is 1. The first-order valence-electron chi connectivity index (χ1n) is 5.14. The van der Waals surface area contributed by atoms with Crippen LogP contribution in [0.5, 0.6) is 0 Å². The fourth-order valence-electron chi connectivity index (χ4n) is 1.61. The van der Waals surface area contributed by atoms with Crippen LogP contribution in [-0.2, 0) is 6.54 Å². The highest BCUT2D eigenvalue weighted by Crippen LogP contribution is 2.20. The lowest BCUT2D eigenvalue weighted by atomic mass is 10.1. The first-order chi connectivity index (χ1) is 8.08. The van der Waals surface area contributed by atoms with Crippen molar-refractivity contribution in [2.45, 2.75) is 13.5 Å². The topological polar surface area (TPSA) is 60.9 Å². The first-order valence-corrected chi connectivity index (χ1v) is 5.52. The molecule has 1 heterocycles. The Morgan fingerprint density at radius 2 is 2.29 bits per heavy atom. The molecule has 1 aromatic carbocycles. The average Bonchev–Trinajstić information content (AvgIpc) is 2.72. The number of nitrogens with two attached hydrogens (primary N) is 1. The molecular weight excluding hydrogens is 238 g/mol. The van der Waals surface area contributed by atoms with Gasteiger partial charge in [0.1, 0.15) is 0 Å². The number of aryl methyl sites for hydroxylation is 1. The highest BCUT2D eigenvalue weighted by atomic mass is 35.5. The lowest BCUT2D eigenvalue weighted by Gasteiger charge is -2.07. The molecule has 88 valence electrons. The monoisotopic (exact) mass is 249 g/mol. The molecule has 4 nitrogen and oxygen atoms in total. The molecule has 0 bridgehead atoms. The third kappa shape index (κ3) is 2.47. The molecule has 0 saturated heterocycles. The number of carbonyl (C=O) groups excluding carboxylic acids is 1. The van der Waals surface area contributed by atoms with Gasteiger partial charge in [-0.2, -0.15) is 5.10 Å². The number of hydrogen-bond donors (Lipinski definition) is 1. The largest absolute Gasteiger partial charge is 0.366 e. The van der Waals surface area contributed by atoms with E-state index >= 15 is 0 Å². The number of amides is 1. The summed E-state index contributed by atoms with van der Waals surface area (Å²) in [4.78, 5) is 10.9. The van der Waals surface area contributed by atoms with Crippen LogP contribution in [0.3, 0.4) is 0 Å². The Kier molecular flexibility index (Phi) is 3.15. The molecule has 0 aliphatic rings. The molecule has 17 heavy (non-hydrogen) atoms. The number of aromatic nitrogens is 2. The van der Waals surface area contributed by atoms with Crippen LogP contribution in [-0.4, -0.2) is 15.7 Å². The molecule has 2 N–H and O–H groups in total. The summed E-state index contributed by atoms with van der Waals surface area (Å²) >= 11 is 6.12. The van der Waals surface area contributed by atoms with Crippen LogP contribution in [0, 0.1) is 6.92 Å². The van der Waals surface area contributed by atoms with E-state index in [0.29, 0.717) is 17.1 Å². The smallest absolute Gasteiger partial charge is 0.251 e. The lowest BCUT2D eigenvalue weighted by Crippen LogP contribution is -2.09. The standard InChI is InChI=1S/C12H12ClN3O/c1-8-3-2-4-11(13)10(8)7-16-6-9(5-15-16)12(14)17/h2-6H,7H2,1H3,(H2,14,17). The van der Waals surface area contributed by atoms with Gasteiger partial charge in [-0.25, -0.2) is 0 Å². The predicted octanol–water partition coefficient (Wildman–Crippen LogP) is 1.99. The fourth-order valence-corrected chi connectivity index (χ4v) is 1.89. The molecule has 0 aliphatic carbocycles. The minimum Gasteiger partial charge on any atom is -0.366 e. The van der Waals surface area contributed by atoms with Crippen LogP contribution < -0.4 is 5.73 Å². The molecule has 0 spiro atoms. The van der Waals surface area contributed by atoms with Crippen LogP contribution in [0.2, 0.25) is 5.02 Å². The minimum atomic E-state index is -0.480. The van der Waals surface area contributed by atoms with E-state index in [4.69, 9.17) is 17.3 Å². The van der Waals surface area contributed by atoms with Crippen LogP contribution in [0.25, 0.3) is 0 Å². The summed E-state index contributed by atoms with van der Waals surface area (Å²) in [5.41, 5.74) is 7.64. The van der Waals surface area contributed by atoms with Gasteiger partial charge in [-0.15, -0.1) is 0 Å². The molecule has 2 rings (SSSR count). The van der Waals surface area contributed by atoms with Gasteiger partial charge in [-0.3, -0.25) is 9.48 Å². The summed E-state index contributed by atoms with van der Waals surface area (Å²) in [7, 11) is 0. The van der Waals surface area contributed by atoms with E-state index in [0.717, 1.165) is 11.1 Å². The maximum atomic E-state index is 10.9. The second kappa shape index (κ2) is 4.59. The van der Waals surface area contributed by atoms with E-state index in [1.54, 1.807) is 10.9 Å². The van der Waals surface area contributed by atoms with Crippen LogP contribution >= 0.6 is 11.6 Å². The molecule has 0 atom stereocenters. The van der Waals surface area contributed by atoms with E-state index in [2.05, 4.69) is 5.10 Å². The molecule has 0 fully saturated rings. The zero-order chi connectivity index (χ0) is 12.4. The highest BCUT2D eigenvalue weighted by Gasteiger charge is 2.07. The second-order valence-electron chi connectivity index (χ2n) is 3.83. The van der Waals surface area contributed by atoms with Gasteiger partial charge >= 0.3 is 0 Å². The number of nitrogens with zero attached hydrogens (tertiary/aromatic N) is 2. The van der Waals surface area contributed by atoms with Crippen molar-refractivity contribution in [3.8, 4) is 0 Å². The van der Waals surface area contributed by atoms with E-state index in [-0.39, 0.29) is 0 Å². The van der Waals surface area contributed by atoms with Crippen molar-refractivity contribution in [1.29, 1.82) is 0 Å². The summed E-state index contributed by atoms with van der Waals surface area (Å²) in [6.07, 6.45) is 3.07. The quantitative estimate of drug-likeness (QED) is 0.904. The van der Waals surface area contributed by atoms with Crippen molar-refractivity contribution in [3.05, 3.63) is 52.3 Å². The van der Waals surface area contributed by atoms with Gasteiger partial charge in [-0.05, 0) is 24.1 Å². The number of rotatable bonds is 3. The van der Waals surface area contributed by atoms with Gasteiger partial charge in [0.15, 0.2) is 0 Å². The molecule has 5 heteroatoms. The van der Waals surface area contributed by atoms with Gasteiger partial charge in [-0.1, -0.05) is 23.7 Å². The van der Waals surface area contributed by atoms with Gasteiger partial charge in [0.05, 0.1) is 18.3 Å². The molecule has 2 aromatic rings. The first kappa shape index (κ1) is 11.7. The third-order valence-corrected chi connectivity index (χ3v) is 2.95. The maximum absolute atomic E-state index is 10.9. The van der Waals surface area contributed by atoms with Crippen LogP contribution in [0.4, 0.5) is 0 Å². The molecule has 0 saturated carbocycles. The Hall–Kier alpha value is -1.81. The number of carbonyl (C=O) groups is 1. The normalized spacial score (nSPS) is 10.5. The van der Waals surface area contributed by atoms with Gasteiger partial charge in [0.25, 0.3) is 5.91 Å². The third-order valence-electron chi connectivity index (χ3n) is 2.59. The Bertz CT molecular complexity index is 542. The Labute approximate surface area is 104 Å². The van der Waals surface area contributed by atoms with E-state index in [1.165, 1.54) is 6.20 Å². The predicted molar refractivity (Wildman–Crippen MR) is 66.0 cm³/mol. The number of primary amides is 1. The Balaban J connectivity index is 2.28. The van der Waals surface area contributed by atoms with Crippen LogP contribution in [0.1, 0.15) is 21.5 Å². The zero-order valence-electron chi connectivity index (χ0n) is 9.35. The molecule has 1 aromatic heterocycles. The van der Waals surface area contributed by atoms with E-state index < -0.39 is 5.91 Å². The molecule has 1 amide bonds. The summed E-state index contributed by atoms with van der Waals surface area (Å²) in [5.74, 6) is -0.480. The molecule has 0 aliphatic heterocycles. The summed E-state index contributed by atoms with van der Waals surface area (Å²) < 4.78 is 1.65. The summed E-state index contributed by atoms with van der Waals surface area (Å²) in [5, 5.41) is 4.77. The van der Waals surface area contributed by atoms with Crippen molar-refractivity contribution in [1.82, 2.24) is 9.78 Å². The Morgan fingerprint density at radius 1 is 1.53 bits per heavy atom. The van der Waals surface area contributed by atoms with Crippen LogP contribution in [0.15, 0.2) is 30.6 Å². The van der Waals surface area contributed by atoms with E-state index in [9.17, 15) is 4.79 Å².